The zero-order chi connectivity index (χ0) is 20.7. The number of aliphatic imine (C=N–C) groups is 1. The fraction of sp³-hybridized carbons (Fsp3) is 0.350. The summed E-state index contributed by atoms with van der Waals surface area (Å²) < 4.78 is 37.4. The summed E-state index contributed by atoms with van der Waals surface area (Å²) in [4.78, 5) is 10.1. The van der Waals surface area contributed by atoms with E-state index in [-0.39, 0.29) is 16.7 Å². The number of allylic oxidation sites excluding steroid dienone is 1. The number of halogens is 3. The van der Waals surface area contributed by atoms with Gasteiger partial charge in [-0.1, -0.05) is 12.1 Å². The van der Waals surface area contributed by atoms with E-state index in [1.54, 1.807) is 30.6 Å². The molecule has 0 unspecified atom stereocenters. The zero-order valence-electron chi connectivity index (χ0n) is 16.0. The summed E-state index contributed by atoms with van der Waals surface area (Å²) in [6, 6.07) is 8.72. The number of aromatic amines is 1. The number of nitrogens with one attached hydrogen (secondary N) is 3. The van der Waals surface area contributed by atoms with Crippen molar-refractivity contribution < 1.29 is 13.2 Å². The molecule has 5 rings (SSSR count). The minimum atomic E-state index is -4.25. The van der Waals surface area contributed by atoms with Crippen LogP contribution in [0, 0.1) is 5.92 Å². The number of aromatic nitrogens is 1. The van der Waals surface area contributed by atoms with Crippen molar-refractivity contribution in [2.24, 2.45) is 10.9 Å². The standard InChI is InChI=1S/C20H21F3N6S/c21-20(22,23)30-15-3-1-13(2-4-15)11-28-9-6-14(7-10-28)17-18-16-5-8-24-19(16)25-12-29(18)27-26-17/h1-5,8,12,14,24,26-27H,6-7,9-11H2. The van der Waals surface area contributed by atoms with Gasteiger partial charge >= 0.3 is 5.51 Å². The number of benzene rings is 1. The van der Waals surface area contributed by atoms with Crippen molar-refractivity contribution in [2.45, 2.75) is 29.8 Å². The quantitative estimate of drug-likeness (QED) is 0.630. The molecule has 0 aliphatic carbocycles. The molecule has 1 aromatic heterocycles. The van der Waals surface area contributed by atoms with Crippen LogP contribution in [-0.2, 0) is 6.54 Å². The Labute approximate surface area is 176 Å². The van der Waals surface area contributed by atoms with Crippen LogP contribution in [0.4, 0.5) is 19.0 Å². The van der Waals surface area contributed by atoms with Gasteiger partial charge in [0.25, 0.3) is 0 Å². The minimum absolute atomic E-state index is 0.0722. The number of alkyl halides is 3. The van der Waals surface area contributed by atoms with Crippen LogP contribution in [0.15, 0.2) is 52.1 Å². The monoisotopic (exact) mass is 434 g/mol. The third-order valence-electron chi connectivity index (χ3n) is 5.65. The molecule has 0 spiro atoms. The first-order valence-corrected chi connectivity index (χ1v) is 10.6. The second-order valence-electron chi connectivity index (χ2n) is 7.60. The zero-order valence-corrected chi connectivity index (χ0v) is 16.9. The van der Waals surface area contributed by atoms with Crippen LogP contribution in [0.2, 0.25) is 0 Å². The highest BCUT2D eigenvalue weighted by atomic mass is 32.2. The van der Waals surface area contributed by atoms with Gasteiger partial charge in [0, 0.05) is 29.1 Å². The fourth-order valence-corrected chi connectivity index (χ4v) is 4.77. The lowest BCUT2D eigenvalue weighted by Gasteiger charge is -2.32. The van der Waals surface area contributed by atoms with Gasteiger partial charge in [0.05, 0.1) is 11.4 Å². The van der Waals surface area contributed by atoms with Gasteiger partial charge < -0.3 is 10.4 Å². The molecule has 2 aromatic rings. The molecule has 1 aromatic carbocycles. The molecule has 6 nitrogen and oxygen atoms in total. The molecular weight excluding hydrogens is 413 g/mol. The Kier molecular flexibility index (Phi) is 5.00. The highest BCUT2D eigenvalue weighted by Crippen LogP contribution is 2.39. The smallest absolute Gasteiger partial charge is 0.346 e. The van der Waals surface area contributed by atoms with Crippen LogP contribution in [-0.4, -0.2) is 39.8 Å². The Morgan fingerprint density at radius 1 is 1.10 bits per heavy atom. The molecule has 3 aliphatic heterocycles. The van der Waals surface area contributed by atoms with E-state index >= 15 is 0 Å². The van der Waals surface area contributed by atoms with Crippen LogP contribution in [0.3, 0.4) is 0 Å². The second kappa shape index (κ2) is 7.68. The number of fused-ring (bicyclic) bond motifs is 3. The number of hydrogen-bond acceptors (Lipinski definition) is 6. The molecule has 0 amide bonds. The number of piperidine rings is 1. The van der Waals surface area contributed by atoms with Crippen LogP contribution in [0.25, 0.3) is 5.70 Å². The van der Waals surface area contributed by atoms with E-state index in [0.717, 1.165) is 55.1 Å². The topological polar surface area (TPSA) is 58.7 Å². The Hall–Kier alpha value is -2.43. The molecule has 4 heterocycles. The molecule has 3 aliphatic rings. The van der Waals surface area contributed by atoms with Crippen LogP contribution >= 0.6 is 11.8 Å². The maximum absolute atomic E-state index is 12.5. The predicted octanol–water partition coefficient (Wildman–Crippen LogP) is 4.21. The lowest BCUT2D eigenvalue weighted by molar-refractivity contribution is -0.0328. The lowest BCUT2D eigenvalue weighted by atomic mass is 9.91. The van der Waals surface area contributed by atoms with Crippen LogP contribution in [0.5, 0.6) is 0 Å². The Bertz CT molecular complexity index is 973. The maximum Gasteiger partial charge on any atom is 0.446 e. The van der Waals surface area contributed by atoms with Gasteiger partial charge in [-0.05, 0) is 61.5 Å². The van der Waals surface area contributed by atoms with E-state index in [1.165, 1.54) is 5.70 Å². The fourth-order valence-electron chi connectivity index (χ4n) is 4.23. The number of nitrogens with zero attached hydrogens (tertiary/aromatic N) is 3. The van der Waals surface area contributed by atoms with Gasteiger partial charge in [0.15, 0.2) is 0 Å². The van der Waals surface area contributed by atoms with E-state index in [1.807, 2.05) is 17.3 Å². The molecule has 0 saturated carbocycles. The minimum Gasteiger partial charge on any atom is -0.346 e. The van der Waals surface area contributed by atoms with Crippen molar-refractivity contribution >= 4 is 29.6 Å². The molecule has 0 radical (unpaired) electrons. The molecule has 1 fully saturated rings. The summed E-state index contributed by atoms with van der Waals surface area (Å²) in [5.41, 5.74) is 6.67. The number of likely N-dealkylation sites (tertiary alicyclic amines) is 1. The van der Waals surface area contributed by atoms with Gasteiger partial charge in [-0.25, -0.2) is 10.0 Å². The van der Waals surface area contributed by atoms with Crippen molar-refractivity contribution in [3.05, 3.63) is 53.4 Å². The van der Waals surface area contributed by atoms with Crippen LogP contribution in [0.1, 0.15) is 24.0 Å². The lowest BCUT2D eigenvalue weighted by Crippen LogP contribution is -2.39. The first-order chi connectivity index (χ1) is 14.5. The molecule has 158 valence electrons. The Morgan fingerprint density at radius 3 is 2.60 bits per heavy atom. The highest BCUT2D eigenvalue weighted by molar-refractivity contribution is 8.00. The average Bonchev–Trinajstić information content (AvgIpc) is 3.35. The highest BCUT2D eigenvalue weighted by Gasteiger charge is 2.33. The van der Waals surface area contributed by atoms with Crippen LogP contribution < -0.4 is 11.0 Å². The SMILES string of the molecule is FC(F)(F)Sc1ccc(CN2CCC(C3=C4c5cc[nH]c5N=CN4NN3)CC2)cc1. The van der Waals surface area contributed by atoms with E-state index in [4.69, 9.17) is 0 Å². The summed E-state index contributed by atoms with van der Waals surface area (Å²) in [6.45, 7) is 2.63. The summed E-state index contributed by atoms with van der Waals surface area (Å²) in [5.74, 6) is 1.28. The van der Waals surface area contributed by atoms with Gasteiger partial charge in [-0.3, -0.25) is 4.90 Å². The number of thioether (sulfide) groups is 1. The second-order valence-corrected chi connectivity index (χ2v) is 8.73. The maximum atomic E-state index is 12.5. The largest absolute Gasteiger partial charge is 0.446 e. The molecule has 30 heavy (non-hydrogen) atoms. The number of hydrazine groups is 2. The summed E-state index contributed by atoms with van der Waals surface area (Å²) in [5, 5.41) is 1.92. The third kappa shape index (κ3) is 3.94. The van der Waals surface area contributed by atoms with E-state index in [9.17, 15) is 13.2 Å². The number of H-pyrrole nitrogens is 1. The van der Waals surface area contributed by atoms with Gasteiger partial charge in [-0.2, -0.15) is 13.2 Å². The predicted molar refractivity (Wildman–Crippen MR) is 110 cm³/mol. The molecule has 3 N–H and O–H groups in total. The van der Waals surface area contributed by atoms with E-state index in [0.29, 0.717) is 5.92 Å². The van der Waals surface area contributed by atoms with E-state index < -0.39 is 5.51 Å². The first kappa shape index (κ1) is 19.5. The third-order valence-corrected chi connectivity index (χ3v) is 6.39. The van der Waals surface area contributed by atoms with Gasteiger partial charge in [-0.15, -0.1) is 5.53 Å². The summed E-state index contributed by atoms with van der Waals surface area (Å²) in [6.07, 6.45) is 5.69. The average molecular weight is 434 g/mol. The Balaban J connectivity index is 1.21. The van der Waals surface area contributed by atoms with E-state index in [2.05, 4.69) is 25.8 Å². The first-order valence-electron chi connectivity index (χ1n) is 9.80. The van der Waals surface area contributed by atoms with Crippen molar-refractivity contribution in [3.63, 3.8) is 0 Å². The van der Waals surface area contributed by atoms with Crippen molar-refractivity contribution in [1.82, 2.24) is 25.9 Å². The number of hydrogen-bond donors (Lipinski definition) is 3. The molecule has 10 heteroatoms. The van der Waals surface area contributed by atoms with Crippen molar-refractivity contribution in [2.75, 3.05) is 13.1 Å². The summed E-state index contributed by atoms with van der Waals surface area (Å²) >= 11 is -0.0722. The molecular formula is C20H21F3N6S. The van der Waals surface area contributed by atoms with Crippen molar-refractivity contribution in [1.29, 1.82) is 0 Å². The Morgan fingerprint density at radius 2 is 1.87 bits per heavy atom. The molecule has 1 saturated heterocycles. The molecule has 0 atom stereocenters. The van der Waals surface area contributed by atoms with Gasteiger partial charge in [0.1, 0.15) is 12.2 Å². The normalized spacial score (nSPS) is 19.8. The van der Waals surface area contributed by atoms with Crippen molar-refractivity contribution in [3.8, 4) is 0 Å². The van der Waals surface area contributed by atoms with Gasteiger partial charge in [0.2, 0.25) is 0 Å². The number of rotatable bonds is 4. The summed E-state index contributed by atoms with van der Waals surface area (Å²) in [7, 11) is 0. The molecule has 0 bridgehead atoms.